The summed E-state index contributed by atoms with van der Waals surface area (Å²) in [5.74, 6) is -1.42. The Labute approximate surface area is 102 Å². The third-order valence-electron chi connectivity index (χ3n) is 2.70. The van der Waals surface area contributed by atoms with Crippen molar-refractivity contribution in [2.24, 2.45) is 0 Å². The zero-order valence-electron chi connectivity index (χ0n) is 9.12. The highest BCUT2D eigenvalue weighted by Gasteiger charge is 2.28. The summed E-state index contributed by atoms with van der Waals surface area (Å²) < 4.78 is 0.969. The number of aliphatic hydroxyl groups excluding tert-OH is 2. The number of rotatable bonds is 3. The molecule has 0 saturated heterocycles. The molecular weight excluding hydrogens is 240 g/mol. The van der Waals surface area contributed by atoms with Crippen LogP contribution < -0.4 is 0 Å². The Hall–Kier alpha value is -1.43. The van der Waals surface area contributed by atoms with Gasteiger partial charge in [-0.05, 0) is 23.9 Å². The second kappa shape index (κ2) is 4.44. The average molecular weight is 252 g/mol. The SMILES string of the molecule is Cc1c(C(O)C(O)C(=O)O)sc2ccccc12. The van der Waals surface area contributed by atoms with Gasteiger partial charge in [0.1, 0.15) is 6.10 Å². The molecule has 1 aromatic carbocycles. The van der Waals surface area contributed by atoms with Gasteiger partial charge >= 0.3 is 5.97 Å². The van der Waals surface area contributed by atoms with Crippen LogP contribution in [0.15, 0.2) is 24.3 Å². The molecular formula is C12H12O4S. The minimum Gasteiger partial charge on any atom is -0.479 e. The Balaban J connectivity index is 2.49. The lowest BCUT2D eigenvalue weighted by molar-refractivity contribution is -0.152. The smallest absolute Gasteiger partial charge is 0.335 e. The second-order valence-electron chi connectivity index (χ2n) is 3.82. The summed E-state index contributed by atoms with van der Waals surface area (Å²) in [7, 11) is 0. The number of hydrogen-bond donors (Lipinski definition) is 3. The van der Waals surface area contributed by atoms with Crippen molar-refractivity contribution in [2.75, 3.05) is 0 Å². The molecule has 3 N–H and O–H groups in total. The quantitative estimate of drug-likeness (QED) is 0.776. The predicted octanol–water partition coefficient (Wildman–Crippen LogP) is 1.69. The third-order valence-corrected chi connectivity index (χ3v) is 4.04. The van der Waals surface area contributed by atoms with Crippen molar-refractivity contribution in [3.05, 3.63) is 34.7 Å². The molecule has 4 nitrogen and oxygen atoms in total. The lowest BCUT2D eigenvalue weighted by atomic mass is 10.1. The van der Waals surface area contributed by atoms with Gasteiger partial charge in [0.15, 0.2) is 6.10 Å². The molecule has 0 fully saturated rings. The number of aliphatic carboxylic acids is 1. The number of thiophene rings is 1. The number of carbonyl (C=O) groups is 1. The Bertz CT molecular complexity index is 561. The van der Waals surface area contributed by atoms with Gasteiger partial charge in [0.2, 0.25) is 0 Å². The van der Waals surface area contributed by atoms with Crippen LogP contribution in [0, 0.1) is 6.92 Å². The maximum absolute atomic E-state index is 10.6. The van der Waals surface area contributed by atoms with Crippen molar-refractivity contribution in [2.45, 2.75) is 19.1 Å². The molecule has 0 aliphatic rings. The minimum atomic E-state index is -1.79. The minimum absolute atomic E-state index is 0.501. The molecule has 0 aliphatic heterocycles. The number of fused-ring (bicyclic) bond motifs is 1. The number of aliphatic hydroxyl groups is 2. The lowest BCUT2D eigenvalue weighted by Crippen LogP contribution is -2.27. The molecule has 0 aliphatic carbocycles. The Kier molecular flexibility index (Phi) is 3.15. The van der Waals surface area contributed by atoms with E-state index in [0.29, 0.717) is 4.88 Å². The van der Waals surface area contributed by atoms with Crippen LogP contribution >= 0.6 is 11.3 Å². The molecule has 0 bridgehead atoms. The van der Waals surface area contributed by atoms with E-state index in [2.05, 4.69) is 0 Å². The van der Waals surface area contributed by atoms with Gasteiger partial charge in [-0.2, -0.15) is 0 Å². The molecule has 2 atom stereocenters. The van der Waals surface area contributed by atoms with Gasteiger partial charge in [0.25, 0.3) is 0 Å². The molecule has 90 valence electrons. The standard InChI is InChI=1S/C12H12O4S/c1-6-7-4-2-3-5-8(7)17-11(6)9(13)10(14)12(15)16/h2-5,9-10,13-14H,1H3,(H,15,16). The molecule has 1 aromatic heterocycles. The van der Waals surface area contributed by atoms with E-state index < -0.39 is 18.2 Å². The highest BCUT2D eigenvalue weighted by molar-refractivity contribution is 7.19. The fraction of sp³-hybridized carbons (Fsp3) is 0.250. The van der Waals surface area contributed by atoms with Crippen LogP contribution in [0.4, 0.5) is 0 Å². The summed E-state index contributed by atoms with van der Waals surface area (Å²) >= 11 is 1.30. The maximum Gasteiger partial charge on any atom is 0.335 e. The van der Waals surface area contributed by atoms with Crippen LogP contribution in [0.1, 0.15) is 16.5 Å². The summed E-state index contributed by atoms with van der Waals surface area (Å²) in [4.78, 5) is 11.1. The lowest BCUT2D eigenvalue weighted by Gasteiger charge is -2.13. The van der Waals surface area contributed by atoms with E-state index in [-0.39, 0.29) is 0 Å². The van der Waals surface area contributed by atoms with E-state index in [1.807, 2.05) is 31.2 Å². The fourth-order valence-corrected chi connectivity index (χ4v) is 2.98. The summed E-state index contributed by atoms with van der Waals surface area (Å²) in [6.45, 7) is 1.81. The Morgan fingerprint density at radius 2 is 1.94 bits per heavy atom. The van der Waals surface area contributed by atoms with Crippen LogP contribution in [0.2, 0.25) is 0 Å². The predicted molar refractivity (Wildman–Crippen MR) is 65.2 cm³/mol. The highest BCUT2D eigenvalue weighted by Crippen LogP contribution is 2.35. The van der Waals surface area contributed by atoms with Gasteiger partial charge in [-0.15, -0.1) is 11.3 Å². The Morgan fingerprint density at radius 3 is 2.53 bits per heavy atom. The van der Waals surface area contributed by atoms with Crippen molar-refractivity contribution in [3.8, 4) is 0 Å². The first-order valence-corrected chi connectivity index (χ1v) is 5.91. The maximum atomic E-state index is 10.6. The number of carboxylic acid groups (broad SMARTS) is 1. The summed E-state index contributed by atoms with van der Waals surface area (Å²) in [6.07, 6.45) is -3.17. The van der Waals surface area contributed by atoms with Gasteiger partial charge < -0.3 is 15.3 Å². The van der Waals surface area contributed by atoms with Crippen LogP contribution in [-0.4, -0.2) is 27.4 Å². The number of carboxylic acids is 1. The molecule has 2 rings (SSSR count). The monoisotopic (exact) mass is 252 g/mol. The van der Waals surface area contributed by atoms with Crippen molar-refractivity contribution in [3.63, 3.8) is 0 Å². The molecule has 5 heteroatoms. The molecule has 0 radical (unpaired) electrons. The molecule has 2 aromatic rings. The normalized spacial score (nSPS) is 14.8. The Morgan fingerprint density at radius 1 is 1.29 bits per heavy atom. The number of benzene rings is 1. The van der Waals surface area contributed by atoms with Crippen molar-refractivity contribution >= 4 is 27.4 Å². The third kappa shape index (κ3) is 2.04. The van der Waals surface area contributed by atoms with Gasteiger partial charge in [-0.1, -0.05) is 18.2 Å². The molecule has 0 amide bonds. The topological polar surface area (TPSA) is 77.8 Å². The van der Waals surface area contributed by atoms with Crippen molar-refractivity contribution < 1.29 is 20.1 Å². The summed E-state index contributed by atoms with van der Waals surface area (Å²) in [6, 6.07) is 7.56. The van der Waals surface area contributed by atoms with E-state index in [1.54, 1.807) is 0 Å². The van der Waals surface area contributed by atoms with Crippen molar-refractivity contribution in [1.82, 2.24) is 0 Å². The summed E-state index contributed by atoms with van der Waals surface area (Å²) in [5.41, 5.74) is 0.818. The average Bonchev–Trinajstić information content (AvgIpc) is 2.65. The first kappa shape index (κ1) is 12.0. The van der Waals surface area contributed by atoms with Crippen LogP contribution in [0.25, 0.3) is 10.1 Å². The van der Waals surface area contributed by atoms with E-state index in [1.165, 1.54) is 11.3 Å². The molecule has 1 heterocycles. The fourth-order valence-electron chi connectivity index (χ4n) is 1.75. The van der Waals surface area contributed by atoms with Crippen LogP contribution in [0.5, 0.6) is 0 Å². The highest BCUT2D eigenvalue weighted by atomic mass is 32.1. The zero-order valence-corrected chi connectivity index (χ0v) is 9.94. The van der Waals surface area contributed by atoms with E-state index >= 15 is 0 Å². The zero-order chi connectivity index (χ0) is 12.6. The van der Waals surface area contributed by atoms with E-state index in [4.69, 9.17) is 5.11 Å². The molecule has 0 spiro atoms. The molecule has 0 saturated carbocycles. The first-order valence-electron chi connectivity index (χ1n) is 5.09. The largest absolute Gasteiger partial charge is 0.479 e. The first-order chi connectivity index (χ1) is 8.02. The van der Waals surface area contributed by atoms with Gasteiger partial charge in [-0.3, -0.25) is 0 Å². The van der Waals surface area contributed by atoms with Crippen LogP contribution in [-0.2, 0) is 4.79 Å². The number of aryl methyl sites for hydroxylation is 1. The van der Waals surface area contributed by atoms with E-state index in [9.17, 15) is 15.0 Å². The molecule has 17 heavy (non-hydrogen) atoms. The van der Waals surface area contributed by atoms with Crippen LogP contribution in [0.3, 0.4) is 0 Å². The summed E-state index contributed by atoms with van der Waals surface area (Å²) in [5, 5.41) is 28.8. The molecule has 2 unspecified atom stereocenters. The second-order valence-corrected chi connectivity index (χ2v) is 4.90. The van der Waals surface area contributed by atoms with Gasteiger partial charge in [0.05, 0.1) is 0 Å². The van der Waals surface area contributed by atoms with E-state index in [0.717, 1.165) is 15.6 Å². The van der Waals surface area contributed by atoms with Gasteiger partial charge in [0, 0.05) is 9.58 Å². The number of hydrogen-bond acceptors (Lipinski definition) is 4. The van der Waals surface area contributed by atoms with Gasteiger partial charge in [-0.25, -0.2) is 4.79 Å². The van der Waals surface area contributed by atoms with Crippen molar-refractivity contribution in [1.29, 1.82) is 0 Å².